The number of nitriles is 2. The summed E-state index contributed by atoms with van der Waals surface area (Å²) in [6.45, 7) is 4.00. The number of hydrogen-bond acceptors (Lipinski definition) is 2. The van der Waals surface area contributed by atoms with Gasteiger partial charge in [-0.05, 0) is 41.5 Å². The van der Waals surface area contributed by atoms with Crippen LogP contribution in [0.3, 0.4) is 0 Å². The first-order chi connectivity index (χ1) is 12.6. The maximum atomic E-state index is 14.2. The minimum Gasteiger partial charge on any atom is -0.206 e. The van der Waals surface area contributed by atoms with Gasteiger partial charge in [-0.15, -0.1) is 0 Å². The summed E-state index contributed by atoms with van der Waals surface area (Å²) in [5.41, 5.74) is 2.55. The first kappa shape index (κ1) is 18.8. The van der Waals surface area contributed by atoms with Crippen LogP contribution in [0.25, 0.3) is 22.3 Å². The second-order valence-electron chi connectivity index (χ2n) is 5.19. The van der Waals surface area contributed by atoms with E-state index >= 15 is 0 Å². The Hall–Kier alpha value is -3.50. The Kier molecular flexibility index (Phi) is 6.20. The highest BCUT2D eigenvalue weighted by molar-refractivity contribution is 5.74. The summed E-state index contributed by atoms with van der Waals surface area (Å²) < 4.78 is 28.4. The van der Waals surface area contributed by atoms with E-state index in [9.17, 15) is 8.78 Å². The fourth-order valence-corrected chi connectivity index (χ4v) is 2.44. The van der Waals surface area contributed by atoms with Gasteiger partial charge in [-0.3, -0.25) is 0 Å². The molecule has 0 amide bonds. The molecule has 4 heteroatoms. The van der Waals surface area contributed by atoms with Gasteiger partial charge in [0.15, 0.2) is 0 Å². The summed E-state index contributed by atoms with van der Waals surface area (Å²) in [5.74, 6) is -1.34. The zero-order chi connectivity index (χ0) is 19.1. The summed E-state index contributed by atoms with van der Waals surface area (Å²) in [4.78, 5) is 0. The Morgan fingerprint density at radius 2 is 0.962 bits per heavy atom. The minimum absolute atomic E-state index is 0.250. The highest BCUT2D eigenvalue weighted by Crippen LogP contribution is 2.31. The van der Waals surface area contributed by atoms with Gasteiger partial charge < -0.3 is 0 Å². The van der Waals surface area contributed by atoms with E-state index in [-0.39, 0.29) is 11.1 Å². The van der Waals surface area contributed by atoms with Gasteiger partial charge in [0.25, 0.3) is 0 Å². The topological polar surface area (TPSA) is 47.6 Å². The predicted molar refractivity (Wildman–Crippen MR) is 98.0 cm³/mol. The van der Waals surface area contributed by atoms with Crippen LogP contribution in [-0.2, 0) is 0 Å². The van der Waals surface area contributed by atoms with Crippen molar-refractivity contribution in [3.8, 4) is 34.4 Å². The van der Waals surface area contributed by atoms with Crippen LogP contribution in [0.1, 0.15) is 25.0 Å². The Labute approximate surface area is 151 Å². The predicted octanol–water partition coefficient (Wildman–Crippen LogP) is 6.07. The van der Waals surface area contributed by atoms with Crippen molar-refractivity contribution in [1.29, 1.82) is 10.5 Å². The second kappa shape index (κ2) is 8.55. The van der Waals surface area contributed by atoms with Gasteiger partial charge in [0.1, 0.15) is 11.6 Å². The van der Waals surface area contributed by atoms with Crippen molar-refractivity contribution >= 4 is 0 Å². The van der Waals surface area contributed by atoms with Gasteiger partial charge in [-0.1, -0.05) is 38.1 Å². The van der Waals surface area contributed by atoms with Crippen molar-refractivity contribution in [3.63, 3.8) is 0 Å². The summed E-state index contributed by atoms with van der Waals surface area (Å²) in [6.07, 6.45) is 0. The van der Waals surface area contributed by atoms with E-state index in [4.69, 9.17) is 10.5 Å². The number of nitrogens with zero attached hydrogens (tertiary/aromatic N) is 2. The summed E-state index contributed by atoms with van der Waals surface area (Å²) in [6, 6.07) is 19.1. The van der Waals surface area contributed by atoms with Crippen molar-refractivity contribution in [2.75, 3.05) is 0 Å². The molecule has 0 aliphatic rings. The SMILES string of the molecule is CC.N#Cc1ccc(-c2cc(-c3ccc(C#N)cc3)c(F)cc2F)cc1. The number of hydrogen-bond donors (Lipinski definition) is 0. The molecule has 0 atom stereocenters. The average Bonchev–Trinajstić information content (AvgIpc) is 2.70. The van der Waals surface area contributed by atoms with Crippen LogP contribution in [0.4, 0.5) is 8.78 Å². The van der Waals surface area contributed by atoms with E-state index in [0.717, 1.165) is 6.07 Å². The molecule has 0 N–H and O–H groups in total. The van der Waals surface area contributed by atoms with Crippen molar-refractivity contribution in [1.82, 2.24) is 0 Å². The lowest BCUT2D eigenvalue weighted by atomic mass is 9.97. The van der Waals surface area contributed by atoms with Crippen LogP contribution in [0.5, 0.6) is 0 Å². The van der Waals surface area contributed by atoms with E-state index in [1.54, 1.807) is 48.5 Å². The lowest BCUT2D eigenvalue weighted by Gasteiger charge is -2.09. The first-order valence-electron chi connectivity index (χ1n) is 8.12. The van der Waals surface area contributed by atoms with Crippen LogP contribution in [-0.4, -0.2) is 0 Å². The number of halogens is 2. The molecule has 26 heavy (non-hydrogen) atoms. The fourth-order valence-electron chi connectivity index (χ4n) is 2.44. The summed E-state index contributed by atoms with van der Waals surface area (Å²) in [5, 5.41) is 17.7. The smallest absolute Gasteiger partial charge is 0.133 e. The minimum atomic E-state index is -0.672. The summed E-state index contributed by atoms with van der Waals surface area (Å²) in [7, 11) is 0. The Bertz CT molecular complexity index is 898. The number of benzene rings is 3. The largest absolute Gasteiger partial charge is 0.206 e. The van der Waals surface area contributed by atoms with E-state index < -0.39 is 11.6 Å². The van der Waals surface area contributed by atoms with Crippen molar-refractivity contribution < 1.29 is 8.78 Å². The molecule has 128 valence electrons. The molecule has 0 aliphatic carbocycles. The molecule has 0 heterocycles. The van der Waals surface area contributed by atoms with Crippen LogP contribution < -0.4 is 0 Å². The zero-order valence-corrected chi connectivity index (χ0v) is 14.4. The van der Waals surface area contributed by atoms with Gasteiger partial charge in [0, 0.05) is 17.2 Å². The van der Waals surface area contributed by atoms with E-state index in [1.807, 2.05) is 26.0 Å². The molecule has 0 radical (unpaired) electrons. The molecule has 3 rings (SSSR count). The van der Waals surface area contributed by atoms with Crippen LogP contribution in [0.2, 0.25) is 0 Å². The van der Waals surface area contributed by atoms with Crippen molar-refractivity contribution in [3.05, 3.63) is 83.4 Å². The Balaban J connectivity index is 0.00000117. The third-order valence-corrected chi connectivity index (χ3v) is 3.71. The van der Waals surface area contributed by atoms with Gasteiger partial charge in [0.05, 0.1) is 23.3 Å². The third-order valence-electron chi connectivity index (χ3n) is 3.71. The molecular weight excluding hydrogens is 330 g/mol. The van der Waals surface area contributed by atoms with Crippen LogP contribution >= 0.6 is 0 Å². The van der Waals surface area contributed by atoms with Crippen molar-refractivity contribution in [2.24, 2.45) is 0 Å². The Morgan fingerprint density at radius 1 is 0.615 bits per heavy atom. The van der Waals surface area contributed by atoms with Gasteiger partial charge >= 0.3 is 0 Å². The van der Waals surface area contributed by atoms with E-state index in [2.05, 4.69) is 0 Å². The molecule has 0 saturated heterocycles. The van der Waals surface area contributed by atoms with Crippen LogP contribution in [0, 0.1) is 34.3 Å². The highest BCUT2D eigenvalue weighted by Gasteiger charge is 2.13. The molecule has 0 unspecified atom stereocenters. The molecular formula is C22H16F2N2. The summed E-state index contributed by atoms with van der Waals surface area (Å²) >= 11 is 0. The molecule has 0 saturated carbocycles. The van der Waals surface area contributed by atoms with Crippen LogP contribution in [0.15, 0.2) is 60.7 Å². The normalized spacial score (nSPS) is 9.46. The molecule has 0 aromatic heterocycles. The monoisotopic (exact) mass is 346 g/mol. The van der Waals surface area contributed by atoms with Gasteiger partial charge in [-0.2, -0.15) is 10.5 Å². The fraction of sp³-hybridized carbons (Fsp3) is 0.0909. The lowest BCUT2D eigenvalue weighted by molar-refractivity contribution is 0.588. The molecule has 2 nitrogen and oxygen atoms in total. The quantitative estimate of drug-likeness (QED) is 0.565. The van der Waals surface area contributed by atoms with E-state index in [0.29, 0.717) is 22.3 Å². The maximum Gasteiger partial charge on any atom is 0.133 e. The van der Waals surface area contributed by atoms with Gasteiger partial charge in [-0.25, -0.2) is 8.78 Å². The number of rotatable bonds is 2. The average molecular weight is 346 g/mol. The molecule has 0 aliphatic heterocycles. The molecule has 3 aromatic rings. The molecule has 3 aromatic carbocycles. The van der Waals surface area contributed by atoms with E-state index in [1.165, 1.54) is 6.07 Å². The maximum absolute atomic E-state index is 14.2. The standard InChI is InChI=1S/C20H10F2N2.C2H6/c21-19-10-20(22)18(16-7-3-14(12-24)4-8-16)9-17(19)15-5-1-13(11-23)2-6-15;1-2/h1-10H;1-2H3. The van der Waals surface area contributed by atoms with Gasteiger partial charge in [0.2, 0.25) is 0 Å². The molecule has 0 spiro atoms. The Morgan fingerprint density at radius 3 is 1.27 bits per heavy atom. The van der Waals surface area contributed by atoms with Crippen molar-refractivity contribution in [2.45, 2.75) is 13.8 Å². The zero-order valence-electron chi connectivity index (χ0n) is 14.4. The lowest BCUT2D eigenvalue weighted by Crippen LogP contribution is -1.92. The molecule has 0 fully saturated rings. The third kappa shape index (κ3) is 3.94. The molecule has 0 bridgehead atoms. The first-order valence-corrected chi connectivity index (χ1v) is 8.12. The second-order valence-corrected chi connectivity index (χ2v) is 5.19. The highest BCUT2D eigenvalue weighted by atomic mass is 19.1.